The molecule has 1 fully saturated rings. The number of rotatable bonds is 3. The first-order valence-electron chi connectivity index (χ1n) is 7.10. The highest BCUT2D eigenvalue weighted by Crippen LogP contribution is 2.33. The van der Waals surface area contributed by atoms with Crippen LogP contribution in [0.15, 0.2) is 53.4 Å². The van der Waals surface area contributed by atoms with Crippen molar-refractivity contribution in [2.75, 3.05) is 0 Å². The Balaban J connectivity index is 1.82. The summed E-state index contributed by atoms with van der Waals surface area (Å²) in [5.74, 6) is -0.804. The molecule has 1 aliphatic rings. The molecule has 1 aliphatic heterocycles. The van der Waals surface area contributed by atoms with E-state index in [0.29, 0.717) is 5.56 Å². The van der Waals surface area contributed by atoms with Crippen molar-refractivity contribution in [2.24, 2.45) is 0 Å². The van der Waals surface area contributed by atoms with Crippen LogP contribution in [0.4, 0.5) is 9.18 Å². The maximum atomic E-state index is 13.7. The highest BCUT2D eigenvalue weighted by Gasteiger charge is 2.35. The number of carbonyl (C=O) groups excluding carboxylic acids is 2. The molecule has 0 aromatic heterocycles. The van der Waals surface area contributed by atoms with Gasteiger partial charge >= 0.3 is 0 Å². The zero-order valence-electron chi connectivity index (χ0n) is 12.5. The lowest BCUT2D eigenvalue weighted by atomic mass is 10.1. The van der Waals surface area contributed by atoms with E-state index in [0.717, 1.165) is 22.9 Å². The van der Waals surface area contributed by atoms with Crippen LogP contribution in [0.3, 0.4) is 0 Å². The van der Waals surface area contributed by atoms with Crippen molar-refractivity contribution >= 4 is 29.0 Å². The summed E-state index contributed by atoms with van der Waals surface area (Å²) < 4.78 is 13.7. The van der Waals surface area contributed by atoms with Gasteiger partial charge in [-0.15, -0.1) is 0 Å². The summed E-state index contributed by atoms with van der Waals surface area (Å²) in [7, 11) is 0. The number of hydrogen-bond donors (Lipinski definition) is 0. The highest BCUT2D eigenvalue weighted by atomic mass is 32.2. The molecule has 2 aromatic carbocycles. The van der Waals surface area contributed by atoms with Gasteiger partial charge in [0.05, 0.1) is 11.4 Å². The molecule has 0 bridgehead atoms. The van der Waals surface area contributed by atoms with E-state index in [1.165, 1.54) is 17.0 Å². The molecule has 0 N–H and O–H groups in total. The first-order chi connectivity index (χ1) is 11.0. The molecule has 0 radical (unpaired) electrons. The lowest BCUT2D eigenvalue weighted by Crippen LogP contribution is -2.27. The van der Waals surface area contributed by atoms with Crippen LogP contribution in [-0.4, -0.2) is 16.0 Å². The van der Waals surface area contributed by atoms with Crippen molar-refractivity contribution in [1.82, 2.24) is 4.90 Å². The third kappa shape index (κ3) is 3.35. The molecule has 3 nitrogen and oxygen atoms in total. The van der Waals surface area contributed by atoms with E-state index in [1.54, 1.807) is 18.2 Å². The number of thioether (sulfide) groups is 1. The van der Waals surface area contributed by atoms with E-state index in [4.69, 9.17) is 0 Å². The Kier molecular flexibility index (Phi) is 4.30. The smallest absolute Gasteiger partial charge is 0.268 e. The van der Waals surface area contributed by atoms with Crippen LogP contribution in [0, 0.1) is 12.7 Å². The Hall–Kier alpha value is -2.40. The van der Waals surface area contributed by atoms with Gasteiger partial charge in [0.25, 0.3) is 11.1 Å². The molecule has 5 heteroatoms. The molecule has 2 aromatic rings. The Morgan fingerprint density at radius 1 is 1.09 bits per heavy atom. The molecule has 0 spiro atoms. The fourth-order valence-electron chi connectivity index (χ4n) is 2.25. The molecule has 0 aliphatic carbocycles. The second-order valence-electron chi connectivity index (χ2n) is 5.27. The molecule has 0 unspecified atom stereocenters. The van der Waals surface area contributed by atoms with Gasteiger partial charge in [-0.05, 0) is 36.4 Å². The number of imide groups is 1. The van der Waals surface area contributed by atoms with E-state index in [-0.39, 0.29) is 22.6 Å². The van der Waals surface area contributed by atoms with E-state index in [1.807, 2.05) is 31.2 Å². The number of nitrogens with zero attached hydrogens (tertiary/aromatic N) is 1. The highest BCUT2D eigenvalue weighted by molar-refractivity contribution is 8.18. The standard InChI is InChI=1S/C18H14FNO2S/c1-12-6-8-13(9-7-12)11-20-17(21)16(23-18(20)22)10-14-4-2-3-5-15(14)19/h2-10H,11H2,1H3/b16-10+. The minimum Gasteiger partial charge on any atom is -0.268 e. The zero-order chi connectivity index (χ0) is 16.4. The topological polar surface area (TPSA) is 37.4 Å². The maximum Gasteiger partial charge on any atom is 0.293 e. The molecule has 2 amide bonds. The quantitative estimate of drug-likeness (QED) is 0.786. The first-order valence-corrected chi connectivity index (χ1v) is 7.92. The maximum absolute atomic E-state index is 13.7. The van der Waals surface area contributed by atoms with Crippen LogP contribution >= 0.6 is 11.8 Å². The van der Waals surface area contributed by atoms with Crippen molar-refractivity contribution in [1.29, 1.82) is 0 Å². The largest absolute Gasteiger partial charge is 0.293 e. The van der Waals surface area contributed by atoms with Gasteiger partial charge in [0.1, 0.15) is 5.82 Å². The molecule has 116 valence electrons. The van der Waals surface area contributed by atoms with E-state index in [2.05, 4.69) is 0 Å². The molecule has 23 heavy (non-hydrogen) atoms. The minimum absolute atomic E-state index is 0.222. The van der Waals surface area contributed by atoms with Gasteiger partial charge < -0.3 is 0 Å². The lowest BCUT2D eigenvalue weighted by Gasteiger charge is -2.12. The van der Waals surface area contributed by atoms with Crippen molar-refractivity contribution in [2.45, 2.75) is 13.5 Å². The van der Waals surface area contributed by atoms with Crippen molar-refractivity contribution < 1.29 is 14.0 Å². The van der Waals surface area contributed by atoms with E-state index < -0.39 is 5.82 Å². The van der Waals surface area contributed by atoms with Gasteiger partial charge in [-0.25, -0.2) is 4.39 Å². The fourth-order valence-corrected chi connectivity index (χ4v) is 3.07. The molecule has 3 rings (SSSR count). The molecule has 1 saturated heterocycles. The number of hydrogen-bond acceptors (Lipinski definition) is 3. The van der Waals surface area contributed by atoms with Crippen LogP contribution in [0.25, 0.3) is 6.08 Å². The predicted molar refractivity (Wildman–Crippen MR) is 89.1 cm³/mol. The lowest BCUT2D eigenvalue weighted by molar-refractivity contribution is -0.123. The van der Waals surface area contributed by atoms with E-state index in [9.17, 15) is 14.0 Å². The summed E-state index contributed by atoms with van der Waals surface area (Å²) in [6.07, 6.45) is 1.43. The zero-order valence-corrected chi connectivity index (χ0v) is 13.3. The van der Waals surface area contributed by atoms with E-state index >= 15 is 0 Å². The average Bonchev–Trinajstić information content (AvgIpc) is 2.79. The van der Waals surface area contributed by atoms with Crippen LogP contribution < -0.4 is 0 Å². The molecule has 1 heterocycles. The average molecular weight is 327 g/mol. The Bertz CT molecular complexity index is 799. The summed E-state index contributed by atoms with van der Waals surface area (Å²) in [4.78, 5) is 25.9. The van der Waals surface area contributed by atoms with Crippen LogP contribution in [0.5, 0.6) is 0 Å². The molecular weight excluding hydrogens is 313 g/mol. The van der Waals surface area contributed by atoms with Crippen molar-refractivity contribution in [3.63, 3.8) is 0 Å². The summed E-state index contributed by atoms with van der Waals surface area (Å²) >= 11 is 0.840. The van der Waals surface area contributed by atoms with Crippen LogP contribution in [-0.2, 0) is 11.3 Å². The number of amides is 2. The van der Waals surface area contributed by atoms with Gasteiger partial charge in [0.2, 0.25) is 0 Å². The van der Waals surface area contributed by atoms with Gasteiger partial charge in [-0.1, -0.05) is 48.0 Å². The van der Waals surface area contributed by atoms with Gasteiger partial charge in [0.15, 0.2) is 0 Å². The number of benzene rings is 2. The van der Waals surface area contributed by atoms with Gasteiger partial charge in [0, 0.05) is 5.56 Å². The summed E-state index contributed by atoms with van der Waals surface area (Å²) in [6.45, 7) is 2.20. The Labute approximate surface area is 137 Å². The SMILES string of the molecule is Cc1ccc(CN2C(=O)S/C(=C/c3ccccc3F)C2=O)cc1. The van der Waals surface area contributed by atoms with Crippen molar-refractivity contribution in [3.8, 4) is 0 Å². The number of halogens is 1. The monoisotopic (exact) mass is 327 g/mol. The van der Waals surface area contributed by atoms with Crippen LogP contribution in [0.1, 0.15) is 16.7 Å². The predicted octanol–water partition coefficient (Wildman–Crippen LogP) is 4.37. The molecular formula is C18H14FNO2S. The Morgan fingerprint density at radius 2 is 1.78 bits per heavy atom. The normalized spacial score (nSPS) is 16.4. The third-order valence-corrected chi connectivity index (χ3v) is 4.43. The van der Waals surface area contributed by atoms with Crippen LogP contribution in [0.2, 0.25) is 0 Å². The third-order valence-electron chi connectivity index (χ3n) is 3.53. The first kappa shape index (κ1) is 15.5. The minimum atomic E-state index is -0.419. The summed E-state index contributed by atoms with van der Waals surface area (Å²) in [6, 6.07) is 13.8. The second kappa shape index (κ2) is 6.38. The van der Waals surface area contributed by atoms with Crippen molar-refractivity contribution in [3.05, 3.63) is 75.9 Å². The molecule has 0 saturated carbocycles. The van der Waals surface area contributed by atoms with Gasteiger partial charge in [-0.3, -0.25) is 14.5 Å². The second-order valence-corrected chi connectivity index (χ2v) is 6.27. The van der Waals surface area contributed by atoms with Gasteiger partial charge in [-0.2, -0.15) is 0 Å². The molecule has 0 atom stereocenters. The summed E-state index contributed by atoms with van der Waals surface area (Å²) in [5.41, 5.74) is 2.29. The Morgan fingerprint density at radius 3 is 2.48 bits per heavy atom. The summed E-state index contributed by atoms with van der Waals surface area (Å²) in [5, 5.41) is -0.335. The fraction of sp³-hybridized carbons (Fsp3) is 0.111. The number of carbonyl (C=O) groups is 2. The number of aryl methyl sites for hydroxylation is 1.